The molecule has 0 aliphatic rings. The zero-order valence-electron chi connectivity index (χ0n) is 11.2. The second-order valence-electron chi connectivity index (χ2n) is 4.07. The van der Waals surface area contributed by atoms with Crippen LogP contribution in [0.15, 0.2) is 6.07 Å². The molecule has 3 N–H and O–H groups in total. The van der Waals surface area contributed by atoms with Crippen molar-refractivity contribution >= 4 is 5.95 Å². The predicted molar refractivity (Wildman–Crippen MR) is 70.0 cm³/mol. The quantitative estimate of drug-likeness (QED) is 0.605. The molecule has 0 bridgehead atoms. The van der Waals surface area contributed by atoms with Gasteiger partial charge in [-0.3, -0.25) is 5.43 Å². The molecule has 0 atom stereocenters. The van der Waals surface area contributed by atoms with Crippen molar-refractivity contribution in [3.63, 3.8) is 0 Å². The molecule has 102 valence electrons. The first-order chi connectivity index (χ1) is 9.13. The maximum atomic E-state index is 5.41. The van der Waals surface area contributed by atoms with E-state index in [0.717, 1.165) is 17.8 Å². The Bertz CT molecular complexity index is 566. The lowest BCUT2D eigenvalue weighted by Gasteiger charge is -2.08. The van der Waals surface area contributed by atoms with Gasteiger partial charge >= 0.3 is 6.01 Å². The first-order valence-corrected chi connectivity index (χ1v) is 6.03. The van der Waals surface area contributed by atoms with E-state index >= 15 is 0 Å². The summed E-state index contributed by atoms with van der Waals surface area (Å²) >= 11 is 0. The van der Waals surface area contributed by atoms with Gasteiger partial charge in [0.25, 0.3) is 5.95 Å². The van der Waals surface area contributed by atoms with Gasteiger partial charge in [-0.1, -0.05) is 6.92 Å². The van der Waals surface area contributed by atoms with E-state index in [1.807, 2.05) is 26.8 Å². The second kappa shape index (κ2) is 5.61. The van der Waals surface area contributed by atoms with Crippen molar-refractivity contribution in [2.24, 2.45) is 5.84 Å². The lowest BCUT2D eigenvalue weighted by molar-refractivity contribution is 0.291. The molecule has 0 aromatic carbocycles. The van der Waals surface area contributed by atoms with Crippen LogP contribution >= 0.6 is 0 Å². The molecule has 0 aliphatic heterocycles. The van der Waals surface area contributed by atoms with E-state index in [9.17, 15) is 0 Å². The number of aromatic nitrogens is 5. The molecule has 2 aromatic heterocycles. The third-order valence-corrected chi connectivity index (χ3v) is 2.37. The average Bonchev–Trinajstić information content (AvgIpc) is 2.75. The monoisotopic (exact) mass is 263 g/mol. The van der Waals surface area contributed by atoms with Gasteiger partial charge < -0.3 is 4.74 Å². The number of nitrogen functional groups attached to an aromatic ring is 1. The standard InChI is InChI=1S/C11H17N7O/c1-4-5-19-11-14-9(16-12)13-10(15-11)18-8(3)6-7(2)17-18/h6H,4-5,12H2,1-3H3,(H,13,14,15,16). The van der Waals surface area contributed by atoms with Crippen molar-refractivity contribution in [3.8, 4) is 12.0 Å². The summed E-state index contributed by atoms with van der Waals surface area (Å²) in [5, 5.41) is 4.32. The topological polar surface area (TPSA) is 104 Å². The molecule has 0 saturated heterocycles. The molecule has 2 aromatic rings. The summed E-state index contributed by atoms with van der Waals surface area (Å²) in [4.78, 5) is 12.4. The Morgan fingerprint density at radius 1 is 1.32 bits per heavy atom. The van der Waals surface area contributed by atoms with Crippen molar-refractivity contribution in [2.45, 2.75) is 27.2 Å². The fraction of sp³-hybridized carbons (Fsp3) is 0.455. The Morgan fingerprint density at radius 2 is 2.11 bits per heavy atom. The summed E-state index contributed by atoms with van der Waals surface area (Å²) in [6.07, 6.45) is 0.867. The van der Waals surface area contributed by atoms with Gasteiger partial charge in [-0.05, 0) is 26.3 Å². The minimum atomic E-state index is 0.229. The van der Waals surface area contributed by atoms with Gasteiger partial charge in [-0.15, -0.1) is 0 Å². The van der Waals surface area contributed by atoms with E-state index in [4.69, 9.17) is 10.6 Å². The summed E-state index contributed by atoms with van der Waals surface area (Å²) in [6.45, 7) is 6.36. The fourth-order valence-corrected chi connectivity index (χ4v) is 1.59. The average molecular weight is 263 g/mol. The molecule has 8 heteroatoms. The van der Waals surface area contributed by atoms with E-state index in [1.165, 1.54) is 0 Å². The highest BCUT2D eigenvalue weighted by Crippen LogP contribution is 2.13. The number of hydrogen-bond donors (Lipinski definition) is 2. The first kappa shape index (κ1) is 13.2. The number of nitrogens with two attached hydrogens (primary N) is 1. The van der Waals surface area contributed by atoms with E-state index in [0.29, 0.717) is 12.6 Å². The summed E-state index contributed by atoms with van der Waals surface area (Å²) in [5.74, 6) is 5.96. The van der Waals surface area contributed by atoms with Crippen LogP contribution in [0.4, 0.5) is 5.95 Å². The van der Waals surface area contributed by atoms with Gasteiger partial charge in [0.1, 0.15) is 0 Å². The molecule has 19 heavy (non-hydrogen) atoms. The molecule has 2 heterocycles. The van der Waals surface area contributed by atoms with Crippen molar-refractivity contribution in [3.05, 3.63) is 17.5 Å². The number of anilines is 1. The van der Waals surface area contributed by atoms with Crippen molar-refractivity contribution < 1.29 is 4.74 Å². The molecular weight excluding hydrogens is 246 g/mol. The summed E-state index contributed by atoms with van der Waals surface area (Å²) in [6, 6.07) is 2.17. The number of nitrogens with zero attached hydrogens (tertiary/aromatic N) is 5. The number of rotatable bonds is 5. The van der Waals surface area contributed by atoms with Crippen LogP contribution in [0.5, 0.6) is 6.01 Å². The maximum absolute atomic E-state index is 5.41. The fourth-order valence-electron chi connectivity index (χ4n) is 1.59. The minimum absolute atomic E-state index is 0.229. The molecule has 2 rings (SSSR count). The predicted octanol–water partition coefficient (Wildman–Crippen LogP) is 0.749. The number of aryl methyl sites for hydroxylation is 2. The van der Waals surface area contributed by atoms with E-state index in [-0.39, 0.29) is 12.0 Å². The zero-order valence-corrected chi connectivity index (χ0v) is 11.2. The summed E-state index contributed by atoms with van der Waals surface area (Å²) < 4.78 is 7.03. The van der Waals surface area contributed by atoms with Crippen molar-refractivity contribution in [1.29, 1.82) is 0 Å². The third kappa shape index (κ3) is 2.97. The van der Waals surface area contributed by atoms with Crippen LogP contribution in [0.1, 0.15) is 24.7 Å². The second-order valence-corrected chi connectivity index (χ2v) is 4.07. The lowest BCUT2D eigenvalue weighted by Crippen LogP contribution is -2.15. The lowest BCUT2D eigenvalue weighted by atomic mass is 10.4. The zero-order chi connectivity index (χ0) is 13.8. The Morgan fingerprint density at radius 3 is 2.68 bits per heavy atom. The van der Waals surface area contributed by atoms with Gasteiger partial charge in [0.2, 0.25) is 5.95 Å². The van der Waals surface area contributed by atoms with Gasteiger partial charge in [-0.2, -0.15) is 20.1 Å². The van der Waals surface area contributed by atoms with E-state index in [1.54, 1.807) is 4.68 Å². The highest BCUT2D eigenvalue weighted by molar-refractivity contribution is 5.30. The normalized spacial score (nSPS) is 10.5. The Labute approximate surface area is 111 Å². The van der Waals surface area contributed by atoms with E-state index in [2.05, 4.69) is 25.5 Å². The molecule has 0 radical (unpaired) electrons. The molecule has 0 amide bonds. The van der Waals surface area contributed by atoms with Gasteiger partial charge in [0.15, 0.2) is 0 Å². The molecule has 0 saturated carbocycles. The number of nitrogens with one attached hydrogen (secondary N) is 1. The molecule has 0 fully saturated rings. The van der Waals surface area contributed by atoms with Crippen LogP contribution in [-0.4, -0.2) is 31.3 Å². The Kier molecular flexibility index (Phi) is 3.91. The number of hydrazine groups is 1. The molecule has 0 unspecified atom stereocenters. The largest absolute Gasteiger partial charge is 0.463 e. The van der Waals surface area contributed by atoms with Gasteiger partial charge in [0, 0.05) is 5.69 Å². The van der Waals surface area contributed by atoms with Crippen LogP contribution in [-0.2, 0) is 0 Å². The molecule has 0 aliphatic carbocycles. The van der Waals surface area contributed by atoms with Crippen LogP contribution in [0.25, 0.3) is 5.95 Å². The van der Waals surface area contributed by atoms with Gasteiger partial charge in [-0.25, -0.2) is 10.5 Å². The van der Waals surface area contributed by atoms with Crippen LogP contribution in [0, 0.1) is 13.8 Å². The van der Waals surface area contributed by atoms with Crippen molar-refractivity contribution in [1.82, 2.24) is 24.7 Å². The Balaban J connectivity index is 2.41. The molecule has 8 nitrogen and oxygen atoms in total. The maximum Gasteiger partial charge on any atom is 0.323 e. The van der Waals surface area contributed by atoms with Gasteiger partial charge in [0.05, 0.1) is 12.3 Å². The van der Waals surface area contributed by atoms with E-state index < -0.39 is 0 Å². The highest BCUT2D eigenvalue weighted by Gasteiger charge is 2.11. The molecular formula is C11H17N7O. The highest BCUT2D eigenvalue weighted by atomic mass is 16.5. The molecule has 0 spiro atoms. The smallest absolute Gasteiger partial charge is 0.323 e. The first-order valence-electron chi connectivity index (χ1n) is 6.03. The SMILES string of the molecule is CCCOc1nc(NN)nc(-n2nc(C)cc2C)n1. The van der Waals surface area contributed by atoms with Crippen LogP contribution in [0.2, 0.25) is 0 Å². The van der Waals surface area contributed by atoms with Crippen molar-refractivity contribution in [2.75, 3.05) is 12.0 Å². The summed E-state index contributed by atoms with van der Waals surface area (Å²) in [7, 11) is 0. The third-order valence-electron chi connectivity index (χ3n) is 2.37. The number of hydrogen-bond acceptors (Lipinski definition) is 7. The van der Waals surface area contributed by atoms with Crippen LogP contribution < -0.4 is 16.0 Å². The summed E-state index contributed by atoms with van der Waals surface area (Å²) in [5.41, 5.74) is 4.21. The van der Waals surface area contributed by atoms with Crippen LogP contribution in [0.3, 0.4) is 0 Å². The number of ether oxygens (including phenoxy) is 1. The Hall–Kier alpha value is -2.22. The minimum Gasteiger partial charge on any atom is -0.463 e.